The average Bonchev–Trinajstić information content (AvgIpc) is 3.94. The summed E-state index contributed by atoms with van der Waals surface area (Å²) in [5.41, 5.74) is 6.78. The first-order valence-electron chi connectivity index (χ1n) is 16.5. The molecule has 0 atom stereocenters. The van der Waals surface area contributed by atoms with Crippen LogP contribution < -0.4 is 20.7 Å². The Morgan fingerprint density at radius 3 is 2.33 bits per heavy atom. The number of carbonyl (C=O) groups is 2. The summed E-state index contributed by atoms with van der Waals surface area (Å²) in [5.74, 6) is 1.76. The van der Waals surface area contributed by atoms with Crippen molar-refractivity contribution in [1.82, 2.24) is 20.2 Å². The lowest BCUT2D eigenvalue weighted by Crippen LogP contribution is -2.47. The van der Waals surface area contributed by atoms with Gasteiger partial charge in [-0.15, -0.1) is 0 Å². The summed E-state index contributed by atoms with van der Waals surface area (Å²) < 4.78 is 0. The van der Waals surface area contributed by atoms with Gasteiger partial charge in [-0.25, -0.2) is 4.98 Å². The number of aromatic nitrogens is 2. The summed E-state index contributed by atoms with van der Waals surface area (Å²) >= 11 is 0. The Morgan fingerprint density at radius 1 is 0.978 bits per heavy atom. The molecule has 1 aromatic carbocycles. The highest BCUT2D eigenvalue weighted by molar-refractivity contribution is 6.03. The maximum Gasteiger partial charge on any atom is 0.253 e. The van der Waals surface area contributed by atoms with Gasteiger partial charge in [-0.3, -0.25) is 19.3 Å². The van der Waals surface area contributed by atoms with Gasteiger partial charge in [0.25, 0.3) is 11.5 Å². The van der Waals surface area contributed by atoms with Crippen molar-refractivity contribution in [2.45, 2.75) is 66.8 Å². The van der Waals surface area contributed by atoms with Crippen LogP contribution in [0.3, 0.4) is 0 Å². The van der Waals surface area contributed by atoms with E-state index in [0.717, 1.165) is 90.0 Å². The third kappa shape index (κ3) is 6.83. The fraction of sp³-hybridized carbons (Fsp3) is 0.500. The van der Waals surface area contributed by atoms with E-state index in [2.05, 4.69) is 33.1 Å². The largest absolute Gasteiger partial charge is 0.354 e. The summed E-state index contributed by atoms with van der Waals surface area (Å²) in [6.45, 7) is 15.6. The molecule has 6 rings (SSSR count). The van der Waals surface area contributed by atoms with E-state index in [4.69, 9.17) is 4.98 Å². The van der Waals surface area contributed by atoms with E-state index < -0.39 is 0 Å². The molecule has 45 heavy (non-hydrogen) atoms. The van der Waals surface area contributed by atoms with E-state index in [1.807, 2.05) is 57.0 Å². The summed E-state index contributed by atoms with van der Waals surface area (Å²) in [6.07, 6.45) is 6.48. The second-order valence-corrected chi connectivity index (χ2v) is 13.2. The number of anilines is 2. The van der Waals surface area contributed by atoms with Gasteiger partial charge in [0, 0.05) is 86.0 Å². The van der Waals surface area contributed by atoms with Crippen LogP contribution in [0, 0.1) is 39.5 Å². The van der Waals surface area contributed by atoms with E-state index >= 15 is 0 Å². The van der Waals surface area contributed by atoms with Crippen molar-refractivity contribution in [3.63, 3.8) is 0 Å². The monoisotopic (exact) mass is 610 g/mol. The highest BCUT2D eigenvalue weighted by atomic mass is 16.2. The van der Waals surface area contributed by atoms with Crippen molar-refractivity contribution in [2.75, 3.05) is 49.1 Å². The second-order valence-electron chi connectivity index (χ2n) is 13.2. The maximum absolute atomic E-state index is 13.8. The molecule has 0 spiro atoms. The number of carbonyl (C=O) groups excluding carboxylic acids is 2. The molecule has 2 N–H and O–H groups in total. The zero-order valence-electron chi connectivity index (χ0n) is 27.3. The van der Waals surface area contributed by atoms with Crippen LogP contribution in [-0.2, 0) is 11.3 Å². The number of pyridine rings is 2. The molecule has 0 bridgehead atoms. The standard InChI is InChI=1S/C36H46N6O3/c1-6-42(36(45)27-9-10-27)32-18-28(17-29(25(32)5)34(43)38-20-31-22(2)15-24(4)39-35(31)44)30-19-37-33(16-23(30)3)41-13-11-40(12-14-41)21-26-7-8-26/h15-19,26-27H,6-14,20-21H2,1-5H3,(H,38,43)(H,39,44). The Morgan fingerprint density at radius 2 is 1.71 bits per heavy atom. The Balaban J connectivity index is 1.30. The van der Waals surface area contributed by atoms with Crippen LogP contribution in [-0.4, -0.2) is 66.0 Å². The van der Waals surface area contributed by atoms with Crippen LogP contribution in [0.1, 0.15) is 70.9 Å². The van der Waals surface area contributed by atoms with E-state index in [1.54, 1.807) is 0 Å². The summed E-state index contributed by atoms with van der Waals surface area (Å²) in [7, 11) is 0. The smallest absolute Gasteiger partial charge is 0.253 e. The molecule has 3 heterocycles. The Bertz CT molecular complexity index is 1660. The van der Waals surface area contributed by atoms with Gasteiger partial charge in [-0.2, -0.15) is 0 Å². The Hall–Kier alpha value is -3.98. The SMILES string of the molecule is CCN(C(=O)C1CC1)c1cc(-c2cnc(N3CCN(CC4CC4)CC3)cc2C)cc(C(=O)NCc2c(C)cc(C)[nH]c2=O)c1C. The van der Waals surface area contributed by atoms with Crippen molar-refractivity contribution in [1.29, 1.82) is 0 Å². The molecule has 3 aromatic rings. The predicted octanol–water partition coefficient (Wildman–Crippen LogP) is 4.90. The Labute approximate surface area is 266 Å². The lowest BCUT2D eigenvalue weighted by Gasteiger charge is -2.35. The minimum absolute atomic E-state index is 0.0500. The van der Waals surface area contributed by atoms with Crippen molar-refractivity contribution in [3.8, 4) is 11.1 Å². The third-order valence-corrected chi connectivity index (χ3v) is 9.66. The number of piperazine rings is 1. The lowest BCUT2D eigenvalue weighted by molar-refractivity contribution is -0.119. The number of rotatable bonds is 10. The van der Waals surface area contributed by atoms with Crippen LogP contribution in [0.15, 0.2) is 35.3 Å². The first-order valence-corrected chi connectivity index (χ1v) is 16.5. The number of H-pyrrole nitrogens is 1. The number of nitrogens with zero attached hydrogens (tertiary/aromatic N) is 4. The fourth-order valence-corrected chi connectivity index (χ4v) is 6.57. The number of amides is 2. The molecular weight excluding hydrogens is 564 g/mol. The number of hydrogen-bond acceptors (Lipinski definition) is 6. The highest BCUT2D eigenvalue weighted by Gasteiger charge is 2.34. The first kappa shape index (κ1) is 31.0. The average molecular weight is 611 g/mol. The molecule has 1 saturated heterocycles. The van der Waals surface area contributed by atoms with Crippen LogP contribution in [0.2, 0.25) is 0 Å². The summed E-state index contributed by atoms with van der Waals surface area (Å²) in [5, 5.41) is 2.98. The molecule has 2 aliphatic carbocycles. The molecule has 2 amide bonds. The molecule has 2 aromatic heterocycles. The van der Waals surface area contributed by atoms with Crippen molar-refractivity contribution in [2.24, 2.45) is 11.8 Å². The molecule has 238 valence electrons. The van der Waals surface area contributed by atoms with Gasteiger partial charge in [0.1, 0.15) is 5.82 Å². The molecule has 9 heteroatoms. The van der Waals surface area contributed by atoms with Crippen molar-refractivity contribution >= 4 is 23.3 Å². The topological polar surface area (TPSA) is 102 Å². The quantitative estimate of drug-likeness (QED) is 0.339. The molecule has 9 nitrogen and oxygen atoms in total. The maximum atomic E-state index is 13.8. The molecule has 0 radical (unpaired) electrons. The first-order chi connectivity index (χ1) is 21.6. The number of aryl methyl sites for hydroxylation is 3. The zero-order chi connectivity index (χ0) is 31.8. The van der Waals surface area contributed by atoms with Crippen LogP contribution >= 0.6 is 0 Å². The van der Waals surface area contributed by atoms with Gasteiger partial charge in [0.05, 0.1) is 0 Å². The number of aromatic amines is 1. The van der Waals surface area contributed by atoms with Gasteiger partial charge >= 0.3 is 0 Å². The Kier molecular flexibility index (Phi) is 8.82. The number of hydrogen-bond donors (Lipinski definition) is 2. The number of nitrogens with one attached hydrogen (secondary N) is 2. The minimum Gasteiger partial charge on any atom is -0.354 e. The van der Waals surface area contributed by atoms with E-state index in [9.17, 15) is 14.4 Å². The fourth-order valence-electron chi connectivity index (χ4n) is 6.57. The second kappa shape index (κ2) is 12.8. The van der Waals surface area contributed by atoms with Gasteiger partial charge in [-0.05, 0) is 113 Å². The van der Waals surface area contributed by atoms with Crippen molar-refractivity contribution < 1.29 is 9.59 Å². The number of benzene rings is 1. The van der Waals surface area contributed by atoms with Crippen LogP contribution in [0.4, 0.5) is 11.5 Å². The normalized spacial score (nSPS) is 17.0. The van der Waals surface area contributed by atoms with Gasteiger partial charge in [-0.1, -0.05) is 0 Å². The molecule has 2 saturated carbocycles. The van der Waals surface area contributed by atoms with E-state index in [-0.39, 0.29) is 29.8 Å². The van der Waals surface area contributed by atoms with Crippen LogP contribution in [0.25, 0.3) is 11.1 Å². The minimum atomic E-state index is -0.281. The van der Waals surface area contributed by atoms with Gasteiger partial charge < -0.3 is 20.1 Å². The van der Waals surface area contributed by atoms with Gasteiger partial charge in [0.2, 0.25) is 5.91 Å². The van der Waals surface area contributed by atoms with E-state index in [1.165, 1.54) is 19.4 Å². The molecule has 3 aliphatic rings. The highest BCUT2D eigenvalue weighted by Crippen LogP contribution is 2.37. The lowest BCUT2D eigenvalue weighted by atomic mass is 9.95. The zero-order valence-corrected chi connectivity index (χ0v) is 27.3. The molecule has 0 unspecified atom stereocenters. The summed E-state index contributed by atoms with van der Waals surface area (Å²) in [4.78, 5) is 54.3. The van der Waals surface area contributed by atoms with Crippen LogP contribution in [0.5, 0.6) is 0 Å². The van der Waals surface area contributed by atoms with E-state index in [0.29, 0.717) is 17.7 Å². The third-order valence-electron chi connectivity index (χ3n) is 9.66. The predicted molar refractivity (Wildman–Crippen MR) is 179 cm³/mol. The van der Waals surface area contributed by atoms with Crippen molar-refractivity contribution in [3.05, 3.63) is 74.3 Å². The van der Waals surface area contributed by atoms with Gasteiger partial charge in [0.15, 0.2) is 0 Å². The molecular formula is C36H46N6O3. The molecule has 3 fully saturated rings. The summed E-state index contributed by atoms with van der Waals surface area (Å²) in [6, 6.07) is 7.98. The molecule has 1 aliphatic heterocycles.